The van der Waals surface area contributed by atoms with Gasteiger partial charge in [-0.25, -0.2) is 4.79 Å². The molecule has 0 saturated carbocycles. The molecule has 3 atom stereocenters. The van der Waals surface area contributed by atoms with E-state index < -0.39 is 54.9 Å². The summed E-state index contributed by atoms with van der Waals surface area (Å²) in [4.78, 5) is 39.2. The summed E-state index contributed by atoms with van der Waals surface area (Å²) in [5.74, 6) is 2.26. The Kier molecular flexibility index (Phi) is 7.61. The highest BCUT2D eigenvalue weighted by Crippen LogP contribution is 2.29. The maximum Gasteiger partial charge on any atom is 0.471 e. The molecule has 1 saturated heterocycles. The first-order chi connectivity index (χ1) is 14.2. The number of nitrogens with zero attached hydrogens (tertiary/aromatic N) is 4. The van der Waals surface area contributed by atoms with Gasteiger partial charge in [0.2, 0.25) is 0 Å². The highest BCUT2D eigenvalue weighted by atomic mass is 19.4. The number of aromatic amines is 1. The van der Waals surface area contributed by atoms with Crippen LogP contribution in [0.25, 0.3) is 10.4 Å². The summed E-state index contributed by atoms with van der Waals surface area (Å²) in [5.41, 5.74) is 6.26. The average molecular weight is 432 g/mol. The lowest BCUT2D eigenvalue weighted by Crippen LogP contribution is -2.37. The van der Waals surface area contributed by atoms with E-state index in [9.17, 15) is 32.7 Å². The monoisotopic (exact) mass is 432 g/mol. The van der Waals surface area contributed by atoms with Gasteiger partial charge in [0, 0.05) is 17.5 Å². The number of nitrogens with one attached hydrogen (secondary N) is 2. The fraction of sp³-hybridized carbons (Fsp3) is 0.533. The van der Waals surface area contributed by atoms with Crippen LogP contribution in [-0.4, -0.2) is 58.8 Å². The van der Waals surface area contributed by atoms with Crippen LogP contribution in [0.1, 0.15) is 18.2 Å². The largest absolute Gasteiger partial charge is 0.471 e. The van der Waals surface area contributed by atoms with Gasteiger partial charge in [-0.3, -0.25) is 19.1 Å². The second kappa shape index (κ2) is 9.94. The minimum Gasteiger partial charge on any atom is -0.394 e. The van der Waals surface area contributed by atoms with Gasteiger partial charge in [-0.2, -0.15) is 13.2 Å². The second-order valence-corrected chi connectivity index (χ2v) is 5.80. The second-order valence-electron chi connectivity index (χ2n) is 5.80. The molecule has 1 amide bonds. The first-order valence-corrected chi connectivity index (χ1v) is 8.25. The molecule has 1 aromatic rings. The van der Waals surface area contributed by atoms with Crippen molar-refractivity contribution in [1.29, 1.82) is 0 Å². The van der Waals surface area contributed by atoms with Crippen molar-refractivity contribution in [3.8, 4) is 11.8 Å². The molecule has 2 rings (SSSR count). The van der Waals surface area contributed by atoms with Crippen molar-refractivity contribution in [2.24, 2.45) is 5.11 Å². The van der Waals surface area contributed by atoms with E-state index >= 15 is 0 Å². The van der Waals surface area contributed by atoms with E-state index in [1.165, 1.54) is 5.32 Å². The van der Waals surface area contributed by atoms with Crippen molar-refractivity contribution in [3.63, 3.8) is 0 Å². The predicted octanol–water partition coefficient (Wildman–Crippen LogP) is -0.501. The number of aliphatic hydroxyl groups is 1. The van der Waals surface area contributed by atoms with Gasteiger partial charge >= 0.3 is 17.8 Å². The smallest absolute Gasteiger partial charge is 0.394 e. The summed E-state index contributed by atoms with van der Waals surface area (Å²) >= 11 is 0. The number of azide groups is 1. The number of halogens is 3. The first kappa shape index (κ1) is 23.0. The summed E-state index contributed by atoms with van der Waals surface area (Å²) in [6.45, 7) is -1.46. The average Bonchev–Trinajstić information content (AvgIpc) is 3.08. The van der Waals surface area contributed by atoms with E-state index in [0.29, 0.717) is 0 Å². The molecule has 1 aliphatic heterocycles. The number of ether oxygens (including phenoxy) is 2. The van der Waals surface area contributed by atoms with Crippen LogP contribution < -0.4 is 16.6 Å². The number of amides is 1. The maximum absolute atomic E-state index is 12.1. The molecule has 3 N–H and O–H groups in total. The zero-order chi connectivity index (χ0) is 22.3. The molecule has 0 bridgehead atoms. The number of aliphatic hydroxyl groups excluding tert-OH is 1. The lowest BCUT2D eigenvalue weighted by atomic mass is 10.2. The topological polar surface area (TPSA) is 171 Å². The molecule has 2 heterocycles. The van der Waals surface area contributed by atoms with Crippen LogP contribution in [0, 0.1) is 11.8 Å². The van der Waals surface area contributed by atoms with Crippen LogP contribution in [0.15, 0.2) is 20.9 Å². The van der Waals surface area contributed by atoms with Gasteiger partial charge < -0.3 is 19.9 Å². The number of carbonyl (C=O) groups excluding carboxylic acids is 1. The molecule has 0 radical (unpaired) electrons. The summed E-state index contributed by atoms with van der Waals surface area (Å²) in [7, 11) is 0. The van der Waals surface area contributed by atoms with E-state index in [4.69, 9.17) is 15.0 Å². The Morgan fingerprint density at radius 1 is 1.53 bits per heavy atom. The van der Waals surface area contributed by atoms with Crippen molar-refractivity contribution in [3.05, 3.63) is 43.0 Å². The Bertz CT molecular complexity index is 1000. The molecule has 15 heteroatoms. The highest BCUT2D eigenvalue weighted by molar-refractivity contribution is 5.81. The minimum absolute atomic E-state index is 0.0621. The molecule has 0 unspecified atom stereocenters. The molecule has 1 fully saturated rings. The summed E-state index contributed by atoms with van der Waals surface area (Å²) in [6.07, 6.45) is -6.48. The number of hydrogen-bond acceptors (Lipinski definition) is 7. The highest BCUT2D eigenvalue weighted by Gasteiger charge is 2.38. The molecular weight excluding hydrogens is 417 g/mol. The van der Waals surface area contributed by atoms with Crippen LogP contribution in [0.2, 0.25) is 0 Å². The van der Waals surface area contributed by atoms with Gasteiger partial charge in [-0.1, -0.05) is 17.0 Å². The molecule has 30 heavy (non-hydrogen) atoms. The van der Waals surface area contributed by atoms with Crippen molar-refractivity contribution in [2.45, 2.75) is 31.0 Å². The third-order valence-corrected chi connectivity index (χ3v) is 3.87. The van der Waals surface area contributed by atoms with E-state index in [0.717, 1.165) is 10.8 Å². The Morgan fingerprint density at radius 3 is 2.90 bits per heavy atom. The molecular formula is C15H15F3N6O6. The quantitative estimate of drug-likeness (QED) is 0.237. The van der Waals surface area contributed by atoms with Gasteiger partial charge in [0.1, 0.15) is 24.6 Å². The van der Waals surface area contributed by atoms with Gasteiger partial charge in [0.25, 0.3) is 5.56 Å². The number of alkyl halides is 3. The molecule has 162 valence electrons. The van der Waals surface area contributed by atoms with Gasteiger partial charge in [-0.05, 0) is 5.53 Å². The normalized spacial score (nSPS) is 20.7. The number of hydrogen-bond donors (Lipinski definition) is 3. The van der Waals surface area contributed by atoms with Crippen molar-refractivity contribution >= 4 is 5.91 Å². The Morgan fingerprint density at radius 2 is 2.27 bits per heavy atom. The van der Waals surface area contributed by atoms with Gasteiger partial charge in [0.15, 0.2) is 0 Å². The van der Waals surface area contributed by atoms with E-state index in [2.05, 4.69) is 21.9 Å². The Balaban J connectivity index is 2.16. The van der Waals surface area contributed by atoms with Gasteiger partial charge in [-0.15, -0.1) is 0 Å². The lowest BCUT2D eigenvalue weighted by Gasteiger charge is -2.15. The molecule has 1 aromatic heterocycles. The third kappa shape index (κ3) is 5.84. The molecule has 0 aliphatic carbocycles. The van der Waals surface area contributed by atoms with E-state index in [1.807, 2.05) is 4.98 Å². The minimum atomic E-state index is -5.06. The lowest BCUT2D eigenvalue weighted by molar-refractivity contribution is -0.173. The van der Waals surface area contributed by atoms with E-state index in [-0.39, 0.29) is 18.7 Å². The fourth-order valence-electron chi connectivity index (χ4n) is 2.52. The maximum atomic E-state index is 12.1. The van der Waals surface area contributed by atoms with E-state index in [1.54, 1.807) is 0 Å². The van der Waals surface area contributed by atoms with Crippen molar-refractivity contribution in [2.75, 3.05) is 19.9 Å². The zero-order valence-corrected chi connectivity index (χ0v) is 15.0. The molecule has 12 nitrogen and oxygen atoms in total. The summed E-state index contributed by atoms with van der Waals surface area (Å²) < 4.78 is 48.1. The van der Waals surface area contributed by atoms with Crippen LogP contribution in [0.4, 0.5) is 13.2 Å². The number of rotatable bonds is 6. The van der Waals surface area contributed by atoms with Gasteiger partial charge in [0.05, 0.1) is 19.3 Å². The summed E-state index contributed by atoms with van der Waals surface area (Å²) in [6, 6.07) is 0. The van der Waals surface area contributed by atoms with Crippen molar-refractivity contribution in [1.82, 2.24) is 14.9 Å². The van der Waals surface area contributed by atoms with Crippen LogP contribution >= 0.6 is 0 Å². The molecule has 1 aliphatic rings. The van der Waals surface area contributed by atoms with Crippen molar-refractivity contribution < 1.29 is 32.5 Å². The standard InChI is InChI=1S/C15H15F3N6O6/c16-15(17,18)13(27)20-3-1-2-8-5-24(14(28)22-12(8)26)11-4-9(10(6-25)30-11)29-7-21-23-19/h5,9-11,25H,3-4,6-7H2,(H,20,27)(H,22,26,28)/t9-,10-,11-/m0/s1. The predicted molar refractivity (Wildman–Crippen MR) is 91.8 cm³/mol. The number of H-pyrrole nitrogens is 1. The SMILES string of the molecule is [N-]=[N+]=NCO[C@H]1C[C@@H](n2cc(C#CCNC(=O)C(F)(F)F)c(=O)[nH]c2=O)O[C@H]1CO. The van der Waals surface area contributed by atoms with Crippen LogP contribution in [0.5, 0.6) is 0 Å². The Labute approximate surface area is 165 Å². The molecule has 0 aromatic carbocycles. The third-order valence-electron chi connectivity index (χ3n) is 3.87. The number of aromatic nitrogens is 2. The summed E-state index contributed by atoms with van der Waals surface area (Å²) in [5, 5.41) is 14.1. The van der Waals surface area contributed by atoms with Crippen LogP contribution in [0.3, 0.4) is 0 Å². The fourth-order valence-corrected chi connectivity index (χ4v) is 2.52. The number of carbonyl (C=O) groups is 1. The Hall–Kier alpha value is -3.31. The molecule has 0 spiro atoms. The zero-order valence-electron chi connectivity index (χ0n) is 15.0. The van der Waals surface area contributed by atoms with Crippen LogP contribution in [-0.2, 0) is 14.3 Å². The first-order valence-electron chi connectivity index (χ1n) is 8.25.